The molecule has 0 heterocycles. The number of benzene rings is 1. The van der Waals surface area contributed by atoms with Gasteiger partial charge in [0.15, 0.2) is 0 Å². The third kappa shape index (κ3) is 3.06. The molecular formula is C13H17NO3. The predicted octanol–water partition coefficient (Wildman–Crippen LogP) is 2.18. The molecule has 1 N–H and O–H groups in total. The largest absolute Gasteiger partial charge is 0.478 e. The second-order valence-corrected chi connectivity index (χ2v) is 4.06. The fraction of sp³-hybridized carbons (Fsp3) is 0.385. The Morgan fingerprint density at radius 1 is 1.35 bits per heavy atom. The molecule has 0 atom stereocenters. The van der Waals surface area contributed by atoms with Crippen LogP contribution in [0.5, 0.6) is 0 Å². The molecule has 0 fully saturated rings. The van der Waals surface area contributed by atoms with Gasteiger partial charge in [0.1, 0.15) is 0 Å². The lowest BCUT2D eigenvalue weighted by atomic mass is 10.0. The standard InChI is InChI=1S/C13H17NO3/c1-4-7-14(3)12(15)11-6-5-10(13(16)17)8-9(11)2/h5-6,8H,4,7H2,1-3H3,(H,16,17). The molecule has 1 aromatic carbocycles. The summed E-state index contributed by atoms with van der Waals surface area (Å²) >= 11 is 0. The molecule has 92 valence electrons. The maximum Gasteiger partial charge on any atom is 0.335 e. The van der Waals surface area contributed by atoms with Gasteiger partial charge in [0, 0.05) is 19.2 Å². The molecule has 4 nitrogen and oxygen atoms in total. The van der Waals surface area contributed by atoms with Crippen LogP contribution in [0.2, 0.25) is 0 Å². The Morgan fingerprint density at radius 3 is 2.47 bits per heavy atom. The lowest BCUT2D eigenvalue weighted by molar-refractivity contribution is 0.0695. The molecule has 1 rings (SSSR count). The monoisotopic (exact) mass is 235 g/mol. The minimum absolute atomic E-state index is 0.0683. The van der Waals surface area contributed by atoms with Crippen molar-refractivity contribution in [3.05, 3.63) is 34.9 Å². The second-order valence-electron chi connectivity index (χ2n) is 4.06. The average molecular weight is 235 g/mol. The van der Waals surface area contributed by atoms with Crippen molar-refractivity contribution < 1.29 is 14.7 Å². The summed E-state index contributed by atoms with van der Waals surface area (Å²) in [5, 5.41) is 8.84. The highest BCUT2D eigenvalue weighted by atomic mass is 16.4. The molecule has 0 bridgehead atoms. The van der Waals surface area contributed by atoms with E-state index in [1.165, 1.54) is 12.1 Å². The van der Waals surface area contributed by atoms with E-state index < -0.39 is 5.97 Å². The Labute approximate surface area is 101 Å². The molecule has 0 saturated carbocycles. The summed E-state index contributed by atoms with van der Waals surface area (Å²) in [6, 6.07) is 4.56. The van der Waals surface area contributed by atoms with E-state index in [2.05, 4.69) is 0 Å². The zero-order chi connectivity index (χ0) is 13.0. The Morgan fingerprint density at radius 2 is 2.00 bits per heavy atom. The molecule has 17 heavy (non-hydrogen) atoms. The van der Waals surface area contributed by atoms with E-state index in [0.717, 1.165) is 6.42 Å². The number of carboxylic acids is 1. The third-order valence-corrected chi connectivity index (χ3v) is 2.61. The fourth-order valence-electron chi connectivity index (χ4n) is 1.68. The first-order valence-electron chi connectivity index (χ1n) is 5.56. The quantitative estimate of drug-likeness (QED) is 0.870. The van der Waals surface area contributed by atoms with Crippen LogP contribution >= 0.6 is 0 Å². The summed E-state index contributed by atoms with van der Waals surface area (Å²) in [4.78, 5) is 24.4. The Balaban J connectivity index is 3.00. The topological polar surface area (TPSA) is 57.6 Å². The first-order chi connectivity index (χ1) is 7.97. The number of aromatic carboxylic acids is 1. The molecule has 1 aromatic rings. The number of aryl methyl sites for hydroxylation is 1. The zero-order valence-electron chi connectivity index (χ0n) is 10.4. The van der Waals surface area contributed by atoms with Crippen molar-refractivity contribution in [3.8, 4) is 0 Å². The Kier molecular flexibility index (Phi) is 4.26. The average Bonchev–Trinajstić information content (AvgIpc) is 2.28. The van der Waals surface area contributed by atoms with Gasteiger partial charge in [0.05, 0.1) is 5.56 Å². The molecule has 4 heteroatoms. The van der Waals surface area contributed by atoms with Crippen LogP contribution in [0.25, 0.3) is 0 Å². The maximum absolute atomic E-state index is 12.0. The van der Waals surface area contributed by atoms with Crippen LogP contribution in [-0.2, 0) is 0 Å². The van der Waals surface area contributed by atoms with Gasteiger partial charge in [-0.1, -0.05) is 6.92 Å². The van der Waals surface area contributed by atoms with Crippen molar-refractivity contribution in [3.63, 3.8) is 0 Å². The van der Waals surface area contributed by atoms with Crippen LogP contribution in [-0.4, -0.2) is 35.5 Å². The fourth-order valence-corrected chi connectivity index (χ4v) is 1.68. The summed E-state index contributed by atoms with van der Waals surface area (Å²) in [6.45, 7) is 4.45. The van der Waals surface area contributed by atoms with Crippen LogP contribution < -0.4 is 0 Å². The normalized spacial score (nSPS) is 10.1. The number of carbonyl (C=O) groups excluding carboxylic acids is 1. The minimum atomic E-state index is -0.978. The summed E-state index contributed by atoms with van der Waals surface area (Å²) in [7, 11) is 1.75. The Bertz CT molecular complexity index is 440. The van der Waals surface area contributed by atoms with E-state index in [1.54, 1.807) is 24.9 Å². The van der Waals surface area contributed by atoms with Crippen LogP contribution in [0.4, 0.5) is 0 Å². The van der Waals surface area contributed by atoms with Crippen LogP contribution in [0.3, 0.4) is 0 Å². The van der Waals surface area contributed by atoms with Crippen LogP contribution in [0.1, 0.15) is 39.6 Å². The molecule has 0 saturated heterocycles. The minimum Gasteiger partial charge on any atom is -0.478 e. The van der Waals surface area contributed by atoms with Crippen molar-refractivity contribution >= 4 is 11.9 Å². The van der Waals surface area contributed by atoms with Gasteiger partial charge in [-0.25, -0.2) is 4.79 Å². The van der Waals surface area contributed by atoms with Crippen molar-refractivity contribution in [2.75, 3.05) is 13.6 Å². The van der Waals surface area contributed by atoms with Crippen molar-refractivity contribution in [1.29, 1.82) is 0 Å². The number of hydrogen-bond donors (Lipinski definition) is 1. The highest BCUT2D eigenvalue weighted by Crippen LogP contribution is 2.13. The number of amides is 1. The summed E-state index contributed by atoms with van der Waals surface area (Å²) in [5.41, 5.74) is 1.46. The van der Waals surface area contributed by atoms with Gasteiger partial charge in [0.2, 0.25) is 0 Å². The molecule has 0 aliphatic rings. The molecule has 0 aliphatic carbocycles. The first-order valence-corrected chi connectivity index (χ1v) is 5.56. The molecular weight excluding hydrogens is 218 g/mol. The van der Waals surface area contributed by atoms with Crippen LogP contribution in [0, 0.1) is 6.92 Å². The van der Waals surface area contributed by atoms with Crippen LogP contribution in [0.15, 0.2) is 18.2 Å². The van der Waals surface area contributed by atoms with E-state index in [0.29, 0.717) is 17.7 Å². The SMILES string of the molecule is CCCN(C)C(=O)c1ccc(C(=O)O)cc1C. The van der Waals surface area contributed by atoms with Gasteiger partial charge in [-0.15, -0.1) is 0 Å². The molecule has 0 aliphatic heterocycles. The maximum atomic E-state index is 12.0. The van der Waals surface area contributed by atoms with E-state index in [-0.39, 0.29) is 11.5 Å². The number of carboxylic acid groups (broad SMARTS) is 1. The lowest BCUT2D eigenvalue weighted by Gasteiger charge is -2.17. The van der Waals surface area contributed by atoms with Crippen molar-refractivity contribution in [2.24, 2.45) is 0 Å². The molecule has 0 aromatic heterocycles. The smallest absolute Gasteiger partial charge is 0.335 e. The molecule has 1 amide bonds. The van der Waals surface area contributed by atoms with Gasteiger partial charge < -0.3 is 10.0 Å². The van der Waals surface area contributed by atoms with E-state index in [4.69, 9.17) is 5.11 Å². The van der Waals surface area contributed by atoms with Gasteiger partial charge in [0.25, 0.3) is 5.91 Å². The van der Waals surface area contributed by atoms with Crippen molar-refractivity contribution in [2.45, 2.75) is 20.3 Å². The predicted molar refractivity (Wildman–Crippen MR) is 65.4 cm³/mol. The number of rotatable bonds is 4. The third-order valence-electron chi connectivity index (χ3n) is 2.61. The van der Waals surface area contributed by atoms with Crippen molar-refractivity contribution in [1.82, 2.24) is 4.90 Å². The van der Waals surface area contributed by atoms with Gasteiger partial charge >= 0.3 is 5.97 Å². The summed E-state index contributed by atoms with van der Waals surface area (Å²) < 4.78 is 0. The van der Waals surface area contributed by atoms with E-state index >= 15 is 0 Å². The lowest BCUT2D eigenvalue weighted by Crippen LogP contribution is -2.28. The highest BCUT2D eigenvalue weighted by molar-refractivity contribution is 5.97. The van der Waals surface area contributed by atoms with Gasteiger partial charge in [-0.2, -0.15) is 0 Å². The Hall–Kier alpha value is -1.84. The molecule has 0 radical (unpaired) electrons. The molecule has 0 spiro atoms. The summed E-state index contributed by atoms with van der Waals surface area (Å²) in [5.74, 6) is -1.05. The highest BCUT2D eigenvalue weighted by Gasteiger charge is 2.14. The second kappa shape index (κ2) is 5.48. The molecule has 0 unspecified atom stereocenters. The van der Waals surface area contributed by atoms with E-state index in [9.17, 15) is 9.59 Å². The number of nitrogens with zero attached hydrogens (tertiary/aromatic N) is 1. The zero-order valence-corrected chi connectivity index (χ0v) is 10.4. The first kappa shape index (κ1) is 13.2. The van der Waals surface area contributed by atoms with Gasteiger partial charge in [-0.05, 0) is 37.1 Å². The summed E-state index contributed by atoms with van der Waals surface area (Å²) in [6.07, 6.45) is 0.897. The number of carbonyl (C=O) groups is 2. The van der Waals surface area contributed by atoms with Gasteiger partial charge in [-0.3, -0.25) is 4.79 Å². The number of hydrogen-bond acceptors (Lipinski definition) is 2. The van der Waals surface area contributed by atoms with E-state index in [1.807, 2.05) is 6.92 Å².